The van der Waals surface area contributed by atoms with Crippen molar-refractivity contribution in [3.63, 3.8) is 0 Å². The van der Waals surface area contributed by atoms with Crippen LogP contribution in [0.15, 0.2) is 41.8 Å². The Bertz CT molecular complexity index is 632. The van der Waals surface area contributed by atoms with Crippen LogP contribution in [0.25, 0.3) is 0 Å². The lowest BCUT2D eigenvalue weighted by atomic mass is 9.91. The van der Waals surface area contributed by atoms with E-state index >= 15 is 0 Å². The molecule has 0 heterocycles. The van der Waals surface area contributed by atoms with E-state index in [-0.39, 0.29) is 35.7 Å². The number of nitrogens with one attached hydrogen (secondary N) is 1. The van der Waals surface area contributed by atoms with Crippen molar-refractivity contribution in [2.45, 2.75) is 19.3 Å². The van der Waals surface area contributed by atoms with Crippen LogP contribution in [-0.2, 0) is 9.59 Å². The highest BCUT2D eigenvalue weighted by Gasteiger charge is 2.25. The van der Waals surface area contributed by atoms with Gasteiger partial charge in [0.05, 0.1) is 10.7 Å². The number of hydrogen-bond acceptors (Lipinski definition) is 4. The van der Waals surface area contributed by atoms with E-state index in [1.165, 1.54) is 12.3 Å². The first-order chi connectivity index (χ1) is 9.99. The van der Waals surface area contributed by atoms with Crippen molar-refractivity contribution >= 4 is 40.5 Å². The van der Waals surface area contributed by atoms with E-state index in [0.717, 1.165) is 0 Å². The first kappa shape index (κ1) is 15.6. The topological polar surface area (TPSA) is 66.4 Å². The molecule has 4 nitrogen and oxygen atoms in total. The molecule has 2 N–H and O–H groups in total. The lowest BCUT2D eigenvalue weighted by Gasteiger charge is -2.12. The second-order valence-corrected chi connectivity index (χ2v) is 5.41. The first-order valence-electron chi connectivity index (χ1n) is 6.37. The van der Waals surface area contributed by atoms with Crippen molar-refractivity contribution < 1.29 is 14.7 Å². The van der Waals surface area contributed by atoms with Gasteiger partial charge in [0.2, 0.25) is 0 Å². The summed E-state index contributed by atoms with van der Waals surface area (Å²) in [5.41, 5.74) is 0.427. The molecule has 0 aromatic heterocycles. The average Bonchev–Trinajstić information content (AvgIpc) is 2.42. The Labute approximate surface area is 132 Å². The maximum atomic E-state index is 11.6. The maximum absolute atomic E-state index is 11.6. The predicted octanol–water partition coefficient (Wildman–Crippen LogP) is 4.05. The minimum Gasteiger partial charge on any atom is -0.507 e. The van der Waals surface area contributed by atoms with Crippen LogP contribution in [0, 0.1) is 0 Å². The van der Waals surface area contributed by atoms with Crippen LogP contribution < -0.4 is 5.32 Å². The zero-order chi connectivity index (χ0) is 15.4. The van der Waals surface area contributed by atoms with Gasteiger partial charge in [-0.05, 0) is 30.7 Å². The number of rotatable bonds is 3. The van der Waals surface area contributed by atoms with E-state index in [4.69, 9.17) is 23.2 Å². The number of carbonyl (C=O) groups is 2. The first-order valence-corrected chi connectivity index (χ1v) is 7.12. The Morgan fingerprint density at radius 2 is 1.86 bits per heavy atom. The summed E-state index contributed by atoms with van der Waals surface area (Å²) in [5, 5.41) is 13.7. The maximum Gasteiger partial charge on any atom is 0.170 e. The van der Waals surface area contributed by atoms with E-state index in [0.29, 0.717) is 22.2 Å². The summed E-state index contributed by atoms with van der Waals surface area (Å²) >= 11 is 11.8. The molecule has 0 atom stereocenters. The van der Waals surface area contributed by atoms with Crippen molar-refractivity contribution in [2.24, 2.45) is 0 Å². The molecule has 1 aromatic carbocycles. The monoisotopic (exact) mass is 325 g/mol. The van der Waals surface area contributed by atoms with E-state index in [9.17, 15) is 14.7 Å². The van der Waals surface area contributed by atoms with E-state index in [2.05, 4.69) is 5.32 Å². The summed E-state index contributed by atoms with van der Waals surface area (Å²) in [7, 11) is 0. The van der Waals surface area contributed by atoms with Gasteiger partial charge in [-0.25, -0.2) is 0 Å². The highest BCUT2D eigenvalue weighted by Crippen LogP contribution is 2.25. The summed E-state index contributed by atoms with van der Waals surface area (Å²) in [6, 6.07) is 4.90. The normalized spacial score (nSPS) is 15.6. The average molecular weight is 326 g/mol. The van der Waals surface area contributed by atoms with E-state index in [1.54, 1.807) is 18.2 Å². The Kier molecular flexibility index (Phi) is 5.04. The molecule has 0 amide bonds. The third-order valence-electron chi connectivity index (χ3n) is 3.03. The zero-order valence-corrected chi connectivity index (χ0v) is 12.5. The zero-order valence-electron chi connectivity index (χ0n) is 11.0. The summed E-state index contributed by atoms with van der Waals surface area (Å²) in [4.78, 5) is 23.3. The second kappa shape index (κ2) is 6.78. The molecular weight excluding hydrogens is 313 g/mol. The van der Waals surface area contributed by atoms with Gasteiger partial charge in [-0.1, -0.05) is 23.2 Å². The van der Waals surface area contributed by atoms with Crippen LogP contribution >= 0.6 is 23.2 Å². The van der Waals surface area contributed by atoms with Gasteiger partial charge >= 0.3 is 0 Å². The molecule has 2 rings (SSSR count). The van der Waals surface area contributed by atoms with Crippen LogP contribution in [0.1, 0.15) is 19.3 Å². The van der Waals surface area contributed by atoms with Crippen LogP contribution in [0.5, 0.6) is 0 Å². The number of allylic oxidation sites excluding steroid dienone is 2. The number of benzene rings is 1. The summed E-state index contributed by atoms with van der Waals surface area (Å²) in [6.07, 6.45) is 3.76. The minimum absolute atomic E-state index is 0.128. The molecule has 1 saturated carbocycles. The number of ketones is 2. The molecule has 1 fully saturated rings. The molecule has 0 radical (unpaired) electrons. The third kappa shape index (κ3) is 3.86. The number of anilines is 1. The molecule has 110 valence electrons. The summed E-state index contributed by atoms with van der Waals surface area (Å²) in [6.45, 7) is 0. The van der Waals surface area contributed by atoms with Gasteiger partial charge in [0.1, 0.15) is 11.3 Å². The van der Waals surface area contributed by atoms with E-state index < -0.39 is 0 Å². The van der Waals surface area contributed by atoms with Crippen LogP contribution in [-0.4, -0.2) is 16.7 Å². The number of hydrogen-bond donors (Lipinski definition) is 2. The van der Waals surface area contributed by atoms with Gasteiger partial charge in [-0.2, -0.15) is 0 Å². The van der Waals surface area contributed by atoms with Crippen LogP contribution in [0.3, 0.4) is 0 Å². The highest BCUT2D eigenvalue weighted by molar-refractivity contribution is 6.35. The molecule has 0 bridgehead atoms. The van der Waals surface area contributed by atoms with Crippen molar-refractivity contribution in [1.82, 2.24) is 0 Å². The van der Waals surface area contributed by atoms with Gasteiger partial charge in [0.25, 0.3) is 0 Å². The van der Waals surface area contributed by atoms with Crippen molar-refractivity contribution in [1.29, 1.82) is 0 Å². The standard InChI is InChI=1S/C15H13Cl2NO3/c16-9-4-5-10(17)11(8-9)18-7-6-14(21)15-12(19)2-1-3-13(15)20/h4-8,18,21H,1-3H2/b7-6-. The van der Waals surface area contributed by atoms with Gasteiger partial charge in [-0.15, -0.1) is 0 Å². The molecule has 1 aliphatic carbocycles. The van der Waals surface area contributed by atoms with E-state index in [1.807, 2.05) is 0 Å². The lowest BCUT2D eigenvalue weighted by molar-refractivity contribution is -0.124. The molecule has 1 aromatic rings. The second-order valence-electron chi connectivity index (χ2n) is 4.56. The minimum atomic E-state index is -0.338. The van der Waals surface area contributed by atoms with Crippen LogP contribution in [0.2, 0.25) is 10.0 Å². The number of carbonyl (C=O) groups excluding carboxylic acids is 2. The van der Waals surface area contributed by atoms with Crippen molar-refractivity contribution in [3.05, 3.63) is 51.9 Å². The fraction of sp³-hybridized carbons (Fsp3) is 0.200. The fourth-order valence-electron chi connectivity index (χ4n) is 2.00. The molecule has 1 aliphatic rings. The number of halogens is 2. The quantitative estimate of drug-likeness (QED) is 0.499. The van der Waals surface area contributed by atoms with Gasteiger partial charge < -0.3 is 10.4 Å². The van der Waals surface area contributed by atoms with Gasteiger partial charge in [0, 0.05) is 24.1 Å². The molecule has 6 heteroatoms. The molecule has 21 heavy (non-hydrogen) atoms. The molecule has 0 saturated heterocycles. The fourth-order valence-corrected chi connectivity index (χ4v) is 2.35. The van der Waals surface area contributed by atoms with Crippen LogP contribution in [0.4, 0.5) is 5.69 Å². The summed E-state index contributed by atoms with van der Waals surface area (Å²) in [5.74, 6) is -0.987. The largest absolute Gasteiger partial charge is 0.507 e. The van der Waals surface area contributed by atoms with Crippen molar-refractivity contribution in [3.8, 4) is 0 Å². The number of Topliss-reactive ketones (excluding diaryl/α,β-unsaturated/α-hetero) is 2. The van der Waals surface area contributed by atoms with Gasteiger partial charge in [0.15, 0.2) is 11.6 Å². The molecule has 0 aliphatic heterocycles. The highest BCUT2D eigenvalue weighted by atomic mass is 35.5. The smallest absolute Gasteiger partial charge is 0.170 e. The Morgan fingerprint density at radius 3 is 2.52 bits per heavy atom. The Hall–Kier alpha value is -1.78. The number of aliphatic hydroxyl groups is 1. The van der Waals surface area contributed by atoms with Crippen molar-refractivity contribution in [2.75, 3.05) is 5.32 Å². The summed E-state index contributed by atoms with van der Waals surface area (Å²) < 4.78 is 0. The lowest BCUT2D eigenvalue weighted by Crippen LogP contribution is -2.20. The third-order valence-corrected chi connectivity index (χ3v) is 3.59. The molecule has 0 spiro atoms. The Balaban J connectivity index is 2.15. The Morgan fingerprint density at radius 1 is 1.19 bits per heavy atom. The number of aliphatic hydroxyl groups excluding tert-OH is 1. The SMILES string of the molecule is O=C1CCCC(=O)C1=C(O)/C=C\Nc1cc(Cl)ccc1Cl. The van der Waals surface area contributed by atoms with Gasteiger partial charge in [-0.3, -0.25) is 9.59 Å². The molecular formula is C15H13Cl2NO3. The predicted molar refractivity (Wildman–Crippen MR) is 82.7 cm³/mol. The molecule has 0 unspecified atom stereocenters.